The van der Waals surface area contributed by atoms with Crippen LogP contribution in [0.2, 0.25) is 0 Å². The Morgan fingerprint density at radius 2 is 1.69 bits per heavy atom. The number of nitrogens with zero attached hydrogens (tertiary/aromatic N) is 1. The summed E-state index contributed by atoms with van der Waals surface area (Å²) in [5.74, 6) is -0.139. The standard InChI is InChI=1S/C24H27N3O4S/c1-5-31-22-16-19(25-24(28)18-9-12-21(13-10-18)27(3)4)11-14-23(22)32(29,30)26-20-8-6-7-17(2)15-20/h6-16,26H,5H2,1-4H3,(H,25,28). The third-order valence-electron chi connectivity index (χ3n) is 4.71. The Bertz CT molecular complexity index is 1210. The van der Waals surface area contributed by atoms with Gasteiger partial charge in [0.15, 0.2) is 0 Å². The Kier molecular flexibility index (Phi) is 7.05. The highest BCUT2D eigenvalue weighted by atomic mass is 32.2. The first-order chi connectivity index (χ1) is 15.2. The molecule has 168 valence electrons. The fraction of sp³-hybridized carbons (Fsp3) is 0.208. The zero-order chi connectivity index (χ0) is 23.3. The van der Waals surface area contributed by atoms with Crippen molar-refractivity contribution in [2.24, 2.45) is 0 Å². The van der Waals surface area contributed by atoms with Crippen molar-refractivity contribution in [1.82, 2.24) is 0 Å². The van der Waals surface area contributed by atoms with E-state index in [-0.39, 0.29) is 23.2 Å². The van der Waals surface area contributed by atoms with Crippen molar-refractivity contribution < 1.29 is 17.9 Å². The smallest absolute Gasteiger partial charge is 0.265 e. The van der Waals surface area contributed by atoms with Crippen molar-refractivity contribution in [2.45, 2.75) is 18.7 Å². The van der Waals surface area contributed by atoms with Crippen LogP contribution in [0.4, 0.5) is 17.1 Å². The van der Waals surface area contributed by atoms with Crippen LogP contribution in [-0.4, -0.2) is 35.0 Å². The Hall–Kier alpha value is -3.52. The molecule has 0 bridgehead atoms. The summed E-state index contributed by atoms with van der Waals surface area (Å²) in [6, 6.07) is 18.7. The number of nitrogens with one attached hydrogen (secondary N) is 2. The SMILES string of the molecule is CCOc1cc(NC(=O)c2ccc(N(C)C)cc2)ccc1S(=O)(=O)Nc1cccc(C)c1. The number of hydrogen-bond donors (Lipinski definition) is 2. The molecule has 0 atom stereocenters. The van der Waals surface area contributed by atoms with Crippen LogP contribution >= 0.6 is 0 Å². The third-order valence-corrected chi connectivity index (χ3v) is 6.13. The molecule has 0 aliphatic rings. The zero-order valence-electron chi connectivity index (χ0n) is 18.5. The van der Waals surface area contributed by atoms with Gasteiger partial charge < -0.3 is 15.0 Å². The minimum absolute atomic E-state index is 0.00538. The molecule has 0 spiro atoms. The highest BCUT2D eigenvalue weighted by Crippen LogP contribution is 2.30. The number of ether oxygens (including phenoxy) is 1. The minimum Gasteiger partial charge on any atom is -0.492 e. The average molecular weight is 454 g/mol. The average Bonchev–Trinajstić information content (AvgIpc) is 2.73. The van der Waals surface area contributed by atoms with E-state index in [9.17, 15) is 13.2 Å². The summed E-state index contributed by atoms with van der Waals surface area (Å²) >= 11 is 0. The molecule has 0 saturated heterocycles. The van der Waals surface area contributed by atoms with Gasteiger partial charge in [-0.1, -0.05) is 12.1 Å². The number of hydrogen-bond acceptors (Lipinski definition) is 5. The molecule has 3 aromatic rings. The van der Waals surface area contributed by atoms with Gasteiger partial charge in [-0.25, -0.2) is 8.42 Å². The van der Waals surface area contributed by atoms with E-state index in [0.717, 1.165) is 11.3 Å². The molecule has 8 heteroatoms. The van der Waals surface area contributed by atoms with Crippen LogP contribution < -0.4 is 19.7 Å². The number of carbonyl (C=O) groups excluding carboxylic acids is 1. The van der Waals surface area contributed by atoms with Crippen LogP contribution in [0.3, 0.4) is 0 Å². The second kappa shape index (κ2) is 9.74. The lowest BCUT2D eigenvalue weighted by Gasteiger charge is -2.15. The van der Waals surface area contributed by atoms with Crippen LogP contribution in [0, 0.1) is 6.92 Å². The maximum Gasteiger partial charge on any atom is 0.265 e. The number of amides is 1. The van der Waals surface area contributed by atoms with Crippen molar-refractivity contribution in [3.63, 3.8) is 0 Å². The highest BCUT2D eigenvalue weighted by Gasteiger charge is 2.21. The van der Waals surface area contributed by atoms with Crippen molar-refractivity contribution in [3.05, 3.63) is 77.9 Å². The van der Waals surface area contributed by atoms with Gasteiger partial charge in [-0.05, 0) is 67.9 Å². The van der Waals surface area contributed by atoms with Crippen LogP contribution in [-0.2, 0) is 10.0 Å². The molecule has 3 rings (SSSR count). The molecule has 0 aliphatic carbocycles. The van der Waals surface area contributed by atoms with Gasteiger partial charge in [0.2, 0.25) is 0 Å². The van der Waals surface area contributed by atoms with Gasteiger partial charge in [-0.15, -0.1) is 0 Å². The van der Waals surface area contributed by atoms with E-state index in [0.29, 0.717) is 16.9 Å². The Labute approximate surface area is 189 Å². The molecule has 0 fully saturated rings. The fourth-order valence-electron chi connectivity index (χ4n) is 3.11. The van der Waals surface area contributed by atoms with Gasteiger partial charge >= 0.3 is 0 Å². The monoisotopic (exact) mass is 453 g/mol. The lowest BCUT2D eigenvalue weighted by Crippen LogP contribution is -2.16. The van der Waals surface area contributed by atoms with Gasteiger partial charge in [0.05, 0.1) is 6.61 Å². The molecule has 3 aromatic carbocycles. The second-order valence-electron chi connectivity index (χ2n) is 7.46. The topological polar surface area (TPSA) is 87.7 Å². The summed E-state index contributed by atoms with van der Waals surface area (Å²) in [7, 11) is -0.0369. The minimum atomic E-state index is -3.89. The predicted octanol–water partition coefficient (Wildman–Crippen LogP) is 4.51. The number of aryl methyl sites for hydroxylation is 1. The molecular formula is C24H27N3O4S. The van der Waals surface area contributed by atoms with E-state index in [4.69, 9.17) is 4.74 Å². The Morgan fingerprint density at radius 1 is 0.969 bits per heavy atom. The molecule has 0 radical (unpaired) electrons. The molecule has 2 N–H and O–H groups in total. The number of benzene rings is 3. The van der Waals surface area contributed by atoms with Gasteiger partial charge in [-0.3, -0.25) is 9.52 Å². The molecule has 0 saturated carbocycles. The lowest BCUT2D eigenvalue weighted by atomic mass is 10.2. The van der Waals surface area contributed by atoms with Crippen molar-refractivity contribution >= 4 is 33.0 Å². The summed E-state index contributed by atoms with van der Waals surface area (Å²) in [5, 5.41) is 2.79. The number of anilines is 3. The zero-order valence-corrected chi connectivity index (χ0v) is 19.4. The van der Waals surface area contributed by atoms with Gasteiger partial charge in [0, 0.05) is 42.8 Å². The van der Waals surface area contributed by atoms with E-state index in [1.807, 2.05) is 44.1 Å². The van der Waals surface area contributed by atoms with E-state index in [1.165, 1.54) is 12.1 Å². The maximum atomic E-state index is 13.0. The van der Waals surface area contributed by atoms with Crippen molar-refractivity contribution in [3.8, 4) is 5.75 Å². The van der Waals surface area contributed by atoms with E-state index in [2.05, 4.69) is 10.0 Å². The molecule has 1 amide bonds. The summed E-state index contributed by atoms with van der Waals surface area (Å²) in [5.41, 5.74) is 3.31. The van der Waals surface area contributed by atoms with Gasteiger partial charge in [0.25, 0.3) is 15.9 Å². The molecule has 7 nitrogen and oxygen atoms in total. The number of rotatable bonds is 8. The second-order valence-corrected chi connectivity index (χ2v) is 9.12. The van der Waals surface area contributed by atoms with Crippen molar-refractivity contribution in [2.75, 3.05) is 35.6 Å². The molecule has 32 heavy (non-hydrogen) atoms. The normalized spacial score (nSPS) is 11.0. The van der Waals surface area contributed by atoms with E-state index >= 15 is 0 Å². The molecule has 0 heterocycles. The Balaban J connectivity index is 1.84. The van der Waals surface area contributed by atoms with Gasteiger partial charge in [0.1, 0.15) is 10.6 Å². The van der Waals surface area contributed by atoms with Gasteiger partial charge in [-0.2, -0.15) is 0 Å². The maximum absolute atomic E-state index is 13.0. The fourth-order valence-corrected chi connectivity index (χ4v) is 4.29. The van der Waals surface area contributed by atoms with Crippen LogP contribution in [0.5, 0.6) is 5.75 Å². The molecule has 0 unspecified atom stereocenters. The number of sulfonamides is 1. The molecule has 0 aromatic heterocycles. The summed E-state index contributed by atoms with van der Waals surface area (Å²) in [6.45, 7) is 3.92. The Morgan fingerprint density at radius 3 is 2.31 bits per heavy atom. The van der Waals surface area contributed by atoms with E-state index < -0.39 is 10.0 Å². The third kappa shape index (κ3) is 5.59. The molecular weight excluding hydrogens is 426 g/mol. The summed E-state index contributed by atoms with van der Waals surface area (Å²) in [4.78, 5) is 14.6. The van der Waals surface area contributed by atoms with Crippen LogP contribution in [0.1, 0.15) is 22.8 Å². The number of carbonyl (C=O) groups is 1. The van der Waals surface area contributed by atoms with Crippen LogP contribution in [0.15, 0.2) is 71.6 Å². The largest absolute Gasteiger partial charge is 0.492 e. The molecule has 0 aliphatic heterocycles. The summed E-state index contributed by atoms with van der Waals surface area (Å²) in [6.07, 6.45) is 0. The first kappa shape index (κ1) is 23.1. The quantitative estimate of drug-likeness (QED) is 0.524. The van der Waals surface area contributed by atoms with E-state index in [1.54, 1.807) is 43.3 Å². The highest BCUT2D eigenvalue weighted by molar-refractivity contribution is 7.92. The van der Waals surface area contributed by atoms with Crippen molar-refractivity contribution in [1.29, 1.82) is 0 Å². The summed E-state index contributed by atoms with van der Waals surface area (Å²) < 4.78 is 34.1. The predicted molar refractivity (Wildman–Crippen MR) is 128 cm³/mol. The van der Waals surface area contributed by atoms with Crippen LogP contribution in [0.25, 0.3) is 0 Å². The first-order valence-corrected chi connectivity index (χ1v) is 11.6. The lowest BCUT2D eigenvalue weighted by molar-refractivity contribution is 0.102. The first-order valence-electron chi connectivity index (χ1n) is 10.1.